The molecule has 14 heavy (non-hydrogen) atoms. The van der Waals surface area contributed by atoms with Crippen LogP contribution >= 0.6 is 11.3 Å². The van der Waals surface area contributed by atoms with Crippen LogP contribution in [0.15, 0.2) is 36.0 Å². The van der Waals surface area contributed by atoms with Gasteiger partial charge in [0.05, 0.1) is 16.6 Å². The fraction of sp³-hybridized carbons (Fsp3) is 0. The SMILES string of the molecule is c1csc(-c2nc3cnccc3[nH]2)c1. The summed E-state index contributed by atoms with van der Waals surface area (Å²) in [5.41, 5.74) is 1.94. The van der Waals surface area contributed by atoms with E-state index in [1.165, 1.54) is 0 Å². The maximum atomic E-state index is 4.45. The molecule has 0 fully saturated rings. The van der Waals surface area contributed by atoms with Gasteiger partial charge in [-0.2, -0.15) is 0 Å². The number of imidazole rings is 1. The summed E-state index contributed by atoms with van der Waals surface area (Å²) in [4.78, 5) is 12.9. The smallest absolute Gasteiger partial charge is 0.148 e. The average Bonchev–Trinajstić information content (AvgIpc) is 2.86. The lowest BCUT2D eigenvalue weighted by Gasteiger charge is -1.85. The Morgan fingerprint density at radius 2 is 2.29 bits per heavy atom. The molecule has 0 unspecified atom stereocenters. The lowest BCUT2D eigenvalue weighted by atomic mass is 10.4. The monoisotopic (exact) mass is 201 g/mol. The Labute approximate surface area is 84.5 Å². The van der Waals surface area contributed by atoms with Crippen molar-refractivity contribution in [3.05, 3.63) is 36.0 Å². The highest BCUT2D eigenvalue weighted by atomic mass is 32.1. The van der Waals surface area contributed by atoms with Gasteiger partial charge in [-0.3, -0.25) is 4.98 Å². The minimum absolute atomic E-state index is 0.913. The molecule has 0 atom stereocenters. The molecule has 68 valence electrons. The summed E-state index contributed by atoms with van der Waals surface area (Å²) >= 11 is 1.68. The molecule has 0 aliphatic rings. The number of nitrogens with zero attached hydrogens (tertiary/aromatic N) is 2. The van der Waals surface area contributed by atoms with Crippen LogP contribution in [0.5, 0.6) is 0 Å². The van der Waals surface area contributed by atoms with Gasteiger partial charge in [-0.15, -0.1) is 11.3 Å². The number of fused-ring (bicyclic) bond motifs is 1. The summed E-state index contributed by atoms with van der Waals surface area (Å²) in [5, 5.41) is 2.04. The first kappa shape index (κ1) is 7.70. The molecule has 0 aliphatic heterocycles. The van der Waals surface area contributed by atoms with Crippen LogP contribution in [0, 0.1) is 0 Å². The van der Waals surface area contributed by atoms with Crippen molar-refractivity contribution in [2.75, 3.05) is 0 Å². The van der Waals surface area contributed by atoms with E-state index in [0.717, 1.165) is 21.7 Å². The molecular weight excluding hydrogens is 194 g/mol. The Bertz CT molecular complexity index is 521. The van der Waals surface area contributed by atoms with Gasteiger partial charge in [0, 0.05) is 6.20 Å². The van der Waals surface area contributed by atoms with Gasteiger partial charge in [-0.25, -0.2) is 4.98 Å². The summed E-state index contributed by atoms with van der Waals surface area (Å²) in [6.07, 6.45) is 3.53. The Morgan fingerprint density at radius 1 is 1.29 bits per heavy atom. The highest BCUT2D eigenvalue weighted by Gasteiger charge is 2.04. The number of hydrogen-bond donors (Lipinski definition) is 1. The van der Waals surface area contributed by atoms with Crippen molar-refractivity contribution >= 4 is 22.4 Å². The van der Waals surface area contributed by atoms with Crippen molar-refractivity contribution in [2.45, 2.75) is 0 Å². The molecule has 0 saturated heterocycles. The first-order valence-corrected chi connectivity index (χ1v) is 5.15. The van der Waals surface area contributed by atoms with Crippen LogP contribution < -0.4 is 0 Å². The zero-order valence-corrected chi connectivity index (χ0v) is 8.08. The van der Waals surface area contributed by atoms with Crippen molar-refractivity contribution in [2.24, 2.45) is 0 Å². The number of thiophene rings is 1. The maximum Gasteiger partial charge on any atom is 0.148 e. The number of pyridine rings is 1. The third-order valence-electron chi connectivity index (χ3n) is 2.04. The van der Waals surface area contributed by atoms with Crippen LogP contribution in [0.4, 0.5) is 0 Å². The van der Waals surface area contributed by atoms with Crippen LogP contribution in [0.1, 0.15) is 0 Å². The quantitative estimate of drug-likeness (QED) is 0.657. The average molecular weight is 201 g/mol. The van der Waals surface area contributed by atoms with E-state index in [1.54, 1.807) is 23.7 Å². The summed E-state index contributed by atoms with van der Waals surface area (Å²) < 4.78 is 0. The minimum atomic E-state index is 0.913. The number of rotatable bonds is 1. The van der Waals surface area contributed by atoms with Crippen LogP contribution in [-0.2, 0) is 0 Å². The molecular formula is C10H7N3S. The highest BCUT2D eigenvalue weighted by Crippen LogP contribution is 2.23. The first-order chi connectivity index (χ1) is 6.93. The molecule has 3 heterocycles. The molecule has 3 aromatic heterocycles. The van der Waals surface area contributed by atoms with Gasteiger partial charge in [0.1, 0.15) is 11.3 Å². The van der Waals surface area contributed by atoms with Gasteiger partial charge in [0.15, 0.2) is 0 Å². The van der Waals surface area contributed by atoms with Crippen LogP contribution in [0.25, 0.3) is 21.7 Å². The second-order valence-corrected chi connectivity index (χ2v) is 3.90. The van der Waals surface area contributed by atoms with Crippen molar-refractivity contribution in [1.29, 1.82) is 0 Å². The summed E-state index contributed by atoms with van der Waals surface area (Å²) in [7, 11) is 0. The molecule has 0 spiro atoms. The molecule has 4 heteroatoms. The van der Waals surface area contributed by atoms with E-state index in [1.807, 2.05) is 17.5 Å². The van der Waals surface area contributed by atoms with Crippen LogP contribution in [-0.4, -0.2) is 15.0 Å². The van der Waals surface area contributed by atoms with Gasteiger partial charge in [0.2, 0.25) is 0 Å². The number of nitrogens with one attached hydrogen (secondary N) is 1. The molecule has 1 N–H and O–H groups in total. The van der Waals surface area contributed by atoms with Gasteiger partial charge in [-0.05, 0) is 17.5 Å². The fourth-order valence-electron chi connectivity index (χ4n) is 1.39. The predicted molar refractivity (Wildman–Crippen MR) is 57.2 cm³/mol. The summed E-state index contributed by atoms with van der Waals surface area (Å²) in [6.45, 7) is 0. The highest BCUT2D eigenvalue weighted by molar-refractivity contribution is 7.13. The van der Waals surface area contributed by atoms with E-state index in [9.17, 15) is 0 Å². The molecule has 3 nitrogen and oxygen atoms in total. The van der Waals surface area contributed by atoms with Crippen molar-refractivity contribution in [1.82, 2.24) is 15.0 Å². The molecule has 0 radical (unpaired) electrons. The number of hydrogen-bond acceptors (Lipinski definition) is 3. The molecule has 0 bridgehead atoms. The predicted octanol–water partition coefficient (Wildman–Crippen LogP) is 2.69. The summed E-state index contributed by atoms with van der Waals surface area (Å²) in [6, 6.07) is 6.00. The molecule has 0 aromatic carbocycles. The second-order valence-electron chi connectivity index (χ2n) is 2.96. The van der Waals surface area contributed by atoms with Gasteiger partial charge < -0.3 is 4.98 Å². The van der Waals surface area contributed by atoms with Gasteiger partial charge in [0.25, 0.3) is 0 Å². The van der Waals surface area contributed by atoms with Crippen LogP contribution in [0.3, 0.4) is 0 Å². The molecule has 0 saturated carbocycles. The normalized spacial score (nSPS) is 10.9. The van der Waals surface area contributed by atoms with E-state index >= 15 is 0 Å². The van der Waals surface area contributed by atoms with Gasteiger partial charge >= 0.3 is 0 Å². The largest absolute Gasteiger partial charge is 0.337 e. The number of aromatic nitrogens is 3. The van der Waals surface area contributed by atoms with Crippen LogP contribution in [0.2, 0.25) is 0 Å². The van der Waals surface area contributed by atoms with E-state index < -0.39 is 0 Å². The van der Waals surface area contributed by atoms with E-state index in [0.29, 0.717) is 0 Å². The minimum Gasteiger partial charge on any atom is -0.337 e. The molecule has 3 rings (SSSR count). The van der Waals surface area contributed by atoms with E-state index in [4.69, 9.17) is 0 Å². The molecule has 0 amide bonds. The zero-order valence-electron chi connectivity index (χ0n) is 7.27. The summed E-state index contributed by atoms with van der Waals surface area (Å²) in [5.74, 6) is 0.919. The van der Waals surface area contributed by atoms with Gasteiger partial charge in [-0.1, -0.05) is 6.07 Å². The second kappa shape index (κ2) is 2.92. The maximum absolute atomic E-state index is 4.45. The topological polar surface area (TPSA) is 41.6 Å². The Balaban J connectivity index is 2.24. The van der Waals surface area contributed by atoms with E-state index in [-0.39, 0.29) is 0 Å². The first-order valence-electron chi connectivity index (χ1n) is 4.27. The number of H-pyrrole nitrogens is 1. The zero-order chi connectivity index (χ0) is 9.38. The lowest BCUT2D eigenvalue weighted by molar-refractivity contribution is 1.34. The molecule has 3 aromatic rings. The Kier molecular flexibility index (Phi) is 1.61. The van der Waals surface area contributed by atoms with Crippen molar-refractivity contribution in [3.63, 3.8) is 0 Å². The van der Waals surface area contributed by atoms with Crippen molar-refractivity contribution < 1.29 is 0 Å². The third-order valence-corrected chi connectivity index (χ3v) is 2.92. The molecule has 0 aliphatic carbocycles. The van der Waals surface area contributed by atoms with Crippen molar-refractivity contribution in [3.8, 4) is 10.7 Å². The lowest BCUT2D eigenvalue weighted by Crippen LogP contribution is -1.72. The Hall–Kier alpha value is -1.68. The number of aromatic amines is 1. The fourth-order valence-corrected chi connectivity index (χ4v) is 2.06. The Morgan fingerprint density at radius 3 is 3.07 bits per heavy atom. The standard InChI is InChI=1S/C10H7N3S/c1-2-9(14-5-1)10-12-7-3-4-11-6-8(7)13-10/h1-6H,(H,12,13). The third kappa shape index (κ3) is 1.12. The van der Waals surface area contributed by atoms with E-state index in [2.05, 4.69) is 21.0 Å².